The van der Waals surface area contributed by atoms with Gasteiger partial charge in [-0.15, -0.1) is 0 Å². The van der Waals surface area contributed by atoms with E-state index in [4.69, 9.17) is 0 Å². The van der Waals surface area contributed by atoms with Gasteiger partial charge in [0.1, 0.15) is 0 Å². The highest BCUT2D eigenvalue weighted by atomic mass is 16.1. The number of carbonyl (C=O) groups excluding carboxylic acids is 1. The molecule has 104 valence electrons. The van der Waals surface area contributed by atoms with Crippen LogP contribution < -0.4 is 10.6 Å². The summed E-state index contributed by atoms with van der Waals surface area (Å²) in [5, 5.41) is 6.33. The maximum Gasteiger partial charge on any atom is 0.224 e. The largest absolute Gasteiger partial charge is 0.326 e. The van der Waals surface area contributed by atoms with Crippen molar-refractivity contribution in [2.75, 3.05) is 18.4 Å². The fourth-order valence-corrected chi connectivity index (χ4v) is 2.52. The van der Waals surface area contributed by atoms with Gasteiger partial charge in [0.05, 0.1) is 0 Å². The van der Waals surface area contributed by atoms with Crippen molar-refractivity contribution in [1.82, 2.24) is 5.32 Å². The second kappa shape index (κ2) is 6.71. The van der Waals surface area contributed by atoms with Crippen LogP contribution in [0.25, 0.3) is 0 Å². The standard InChI is InChI=1S/C16H24N2O/c1-12(2)14-5-7-15(8-6-14)18-16(19)10-13-4-3-9-17-11-13/h5-8,12-13,17H,3-4,9-11H2,1-2H3,(H,18,19). The first-order chi connectivity index (χ1) is 9.15. The topological polar surface area (TPSA) is 41.1 Å². The Morgan fingerprint density at radius 3 is 2.68 bits per heavy atom. The van der Waals surface area contributed by atoms with E-state index in [0.29, 0.717) is 18.3 Å². The van der Waals surface area contributed by atoms with Crippen LogP contribution in [0.3, 0.4) is 0 Å². The van der Waals surface area contributed by atoms with E-state index in [1.165, 1.54) is 12.0 Å². The van der Waals surface area contributed by atoms with Gasteiger partial charge in [0.15, 0.2) is 0 Å². The van der Waals surface area contributed by atoms with Crippen molar-refractivity contribution in [3.63, 3.8) is 0 Å². The number of anilines is 1. The van der Waals surface area contributed by atoms with Crippen molar-refractivity contribution in [2.24, 2.45) is 5.92 Å². The summed E-state index contributed by atoms with van der Waals surface area (Å²) in [6, 6.07) is 8.16. The van der Waals surface area contributed by atoms with Gasteiger partial charge in [0.25, 0.3) is 0 Å². The zero-order valence-corrected chi connectivity index (χ0v) is 11.9. The molecule has 0 aliphatic carbocycles. The summed E-state index contributed by atoms with van der Waals surface area (Å²) in [6.45, 7) is 6.40. The van der Waals surface area contributed by atoms with Gasteiger partial charge in [-0.05, 0) is 55.5 Å². The van der Waals surface area contributed by atoms with Crippen LogP contribution in [0.5, 0.6) is 0 Å². The molecule has 0 spiro atoms. The molecule has 1 atom stereocenters. The second-order valence-corrected chi connectivity index (χ2v) is 5.74. The summed E-state index contributed by atoms with van der Waals surface area (Å²) in [5.41, 5.74) is 2.20. The van der Waals surface area contributed by atoms with Crippen molar-refractivity contribution < 1.29 is 4.79 Å². The Kier molecular flexibility index (Phi) is 4.97. The third-order valence-electron chi connectivity index (χ3n) is 3.73. The van der Waals surface area contributed by atoms with E-state index in [2.05, 4.69) is 36.6 Å². The molecule has 1 heterocycles. The zero-order chi connectivity index (χ0) is 13.7. The Labute approximate surface area is 115 Å². The quantitative estimate of drug-likeness (QED) is 0.873. The number of carbonyl (C=O) groups is 1. The Morgan fingerprint density at radius 1 is 1.37 bits per heavy atom. The maximum atomic E-state index is 12.0. The average Bonchev–Trinajstić information content (AvgIpc) is 2.40. The molecule has 1 aromatic rings. The first-order valence-corrected chi connectivity index (χ1v) is 7.25. The molecule has 0 saturated carbocycles. The molecule has 2 N–H and O–H groups in total. The molecule has 0 aromatic heterocycles. The molecule has 2 rings (SSSR count). The molecule has 1 amide bonds. The molecular formula is C16H24N2O. The average molecular weight is 260 g/mol. The lowest BCUT2D eigenvalue weighted by Gasteiger charge is -2.22. The monoisotopic (exact) mass is 260 g/mol. The van der Waals surface area contributed by atoms with Crippen LogP contribution in [-0.4, -0.2) is 19.0 Å². The lowest BCUT2D eigenvalue weighted by molar-refractivity contribution is -0.117. The number of rotatable bonds is 4. The summed E-state index contributed by atoms with van der Waals surface area (Å²) in [6.07, 6.45) is 2.96. The molecule has 0 radical (unpaired) electrons. The van der Waals surface area contributed by atoms with Crippen molar-refractivity contribution in [3.05, 3.63) is 29.8 Å². The minimum atomic E-state index is 0.131. The lowest BCUT2D eigenvalue weighted by atomic mass is 9.96. The van der Waals surface area contributed by atoms with E-state index in [1.807, 2.05) is 12.1 Å². The molecule has 1 aliphatic rings. The van der Waals surface area contributed by atoms with Gasteiger partial charge in [-0.3, -0.25) is 4.79 Å². The Hall–Kier alpha value is -1.35. The zero-order valence-electron chi connectivity index (χ0n) is 11.9. The molecule has 1 fully saturated rings. The van der Waals surface area contributed by atoms with Crippen LogP contribution in [0.2, 0.25) is 0 Å². The molecule has 3 heteroatoms. The van der Waals surface area contributed by atoms with E-state index < -0.39 is 0 Å². The summed E-state index contributed by atoms with van der Waals surface area (Å²) in [5.74, 6) is 1.15. The van der Waals surface area contributed by atoms with Gasteiger partial charge in [-0.1, -0.05) is 26.0 Å². The highest BCUT2D eigenvalue weighted by Gasteiger charge is 2.16. The maximum absolute atomic E-state index is 12.0. The molecule has 0 bridgehead atoms. The van der Waals surface area contributed by atoms with E-state index >= 15 is 0 Å². The molecule has 1 aromatic carbocycles. The number of nitrogens with one attached hydrogen (secondary N) is 2. The number of hydrogen-bond acceptors (Lipinski definition) is 2. The van der Waals surface area contributed by atoms with Gasteiger partial charge in [0.2, 0.25) is 5.91 Å². The van der Waals surface area contributed by atoms with Crippen molar-refractivity contribution >= 4 is 11.6 Å². The van der Waals surface area contributed by atoms with Crippen molar-refractivity contribution in [3.8, 4) is 0 Å². The number of hydrogen-bond donors (Lipinski definition) is 2. The molecule has 19 heavy (non-hydrogen) atoms. The first-order valence-electron chi connectivity index (χ1n) is 7.25. The van der Waals surface area contributed by atoms with Crippen LogP contribution in [-0.2, 0) is 4.79 Å². The number of piperidine rings is 1. The predicted molar refractivity (Wildman–Crippen MR) is 79.4 cm³/mol. The minimum absolute atomic E-state index is 0.131. The Morgan fingerprint density at radius 2 is 2.11 bits per heavy atom. The van der Waals surface area contributed by atoms with E-state index in [0.717, 1.165) is 25.2 Å². The minimum Gasteiger partial charge on any atom is -0.326 e. The van der Waals surface area contributed by atoms with Crippen LogP contribution in [0.15, 0.2) is 24.3 Å². The highest BCUT2D eigenvalue weighted by Crippen LogP contribution is 2.18. The van der Waals surface area contributed by atoms with Crippen molar-refractivity contribution in [2.45, 2.75) is 39.0 Å². The first kappa shape index (κ1) is 14.1. The van der Waals surface area contributed by atoms with Gasteiger partial charge in [-0.25, -0.2) is 0 Å². The summed E-state index contributed by atoms with van der Waals surface area (Å²) in [7, 11) is 0. The summed E-state index contributed by atoms with van der Waals surface area (Å²) >= 11 is 0. The van der Waals surface area contributed by atoms with E-state index in [9.17, 15) is 4.79 Å². The predicted octanol–water partition coefficient (Wildman–Crippen LogP) is 3.14. The molecule has 1 unspecified atom stereocenters. The highest BCUT2D eigenvalue weighted by molar-refractivity contribution is 5.90. The second-order valence-electron chi connectivity index (χ2n) is 5.74. The fourth-order valence-electron chi connectivity index (χ4n) is 2.52. The lowest BCUT2D eigenvalue weighted by Crippen LogP contribution is -2.32. The van der Waals surface area contributed by atoms with Crippen LogP contribution in [0.1, 0.15) is 44.6 Å². The van der Waals surface area contributed by atoms with Crippen LogP contribution >= 0.6 is 0 Å². The number of amides is 1. The normalized spacial score (nSPS) is 19.4. The molecular weight excluding hydrogens is 236 g/mol. The van der Waals surface area contributed by atoms with Gasteiger partial charge in [0, 0.05) is 12.1 Å². The number of benzene rings is 1. The third kappa shape index (κ3) is 4.35. The summed E-state index contributed by atoms with van der Waals surface area (Å²) < 4.78 is 0. The SMILES string of the molecule is CC(C)c1ccc(NC(=O)CC2CCCNC2)cc1. The Bertz CT molecular complexity index is 405. The fraction of sp³-hybridized carbons (Fsp3) is 0.562. The smallest absolute Gasteiger partial charge is 0.224 e. The molecule has 1 aliphatic heterocycles. The van der Waals surface area contributed by atoms with Gasteiger partial charge < -0.3 is 10.6 Å². The molecule has 1 saturated heterocycles. The van der Waals surface area contributed by atoms with E-state index in [1.54, 1.807) is 0 Å². The molecule has 3 nitrogen and oxygen atoms in total. The van der Waals surface area contributed by atoms with Crippen LogP contribution in [0, 0.1) is 5.92 Å². The third-order valence-corrected chi connectivity index (χ3v) is 3.73. The van der Waals surface area contributed by atoms with Gasteiger partial charge in [-0.2, -0.15) is 0 Å². The van der Waals surface area contributed by atoms with Crippen molar-refractivity contribution in [1.29, 1.82) is 0 Å². The summed E-state index contributed by atoms with van der Waals surface area (Å²) in [4.78, 5) is 12.0. The Balaban J connectivity index is 1.84. The van der Waals surface area contributed by atoms with E-state index in [-0.39, 0.29) is 5.91 Å². The van der Waals surface area contributed by atoms with Gasteiger partial charge >= 0.3 is 0 Å². The van der Waals surface area contributed by atoms with Crippen LogP contribution in [0.4, 0.5) is 5.69 Å².